The first kappa shape index (κ1) is 20.5. The summed E-state index contributed by atoms with van der Waals surface area (Å²) in [6, 6.07) is 1.73. The Morgan fingerprint density at radius 3 is 2.43 bits per heavy atom. The monoisotopic (exact) mass is 362 g/mol. The van der Waals surface area contributed by atoms with Gasteiger partial charge in [0.1, 0.15) is 5.82 Å². The minimum absolute atomic E-state index is 0.183. The van der Waals surface area contributed by atoms with Gasteiger partial charge in [0.15, 0.2) is 5.79 Å². The molecule has 0 aliphatic carbocycles. The maximum absolute atomic E-state index is 5.91. The number of hydrogen-bond acceptors (Lipinski definition) is 7. The average Bonchev–Trinajstić information content (AvgIpc) is 2.46. The summed E-state index contributed by atoms with van der Waals surface area (Å²) < 4.78 is 22.8. The molecule has 0 fully saturated rings. The molecule has 1 aromatic heterocycles. The molecule has 0 saturated carbocycles. The highest BCUT2D eigenvalue weighted by atomic mass is 32.5. The second-order valence-corrected chi connectivity index (χ2v) is 8.46. The van der Waals surface area contributed by atoms with Gasteiger partial charge in [-0.3, -0.25) is 9.05 Å². The van der Waals surface area contributed by atoms with Gasteiger partial charge in [-0.15, -0.1) is 0 Å². The zero-order valence-corrected chi connectivity index (χ0v) is 16.7. The summed E-state index contributed by atoms with van der Waals surface area (Å²) in [6.45, 7) is 8.85. The fraction of sp³-hybridized carbons (Fsp3) is 0.733. The lowest BCUT2D eigenvalue weighted by atomic mass is 10.2. The van der Waals surface area contributed by atoms with Crippen molar-refractivity contribution in [2.24, 2.45) is 0 Å². The Kier molecular flexibility index (Phi) is 7.55. The van der Waals surface area contributed by atoms with Crippen LogP contribution in [0.3, 0.4) is 0 Å². The summed E-state index contributed by atoms with van der Waals surface area (Å²) in [6.07, 6.45) is 0.609. The van der Waals surface area contributed by atoms with Crippen LogP contribution in [0.5, 0.6) is 5.88 Å². The third-order valence-corrected chi connectivity index (χ3v) is 5.59. The second kappa shape index (κ2) is 8.49. The molecule has 1 rings (SSSR count). The minimum Gasteiger partial charge on any atom is -0.405 e. The van der Waals surface area contributed by atoms with E-state index in [1.54, 1.807) is 20.1 Å². The van der Waals surface area contributed by atoms with Gasteiger partial charge in [-0.2, -0.15) is 4.98 Å². The summed E-state index contributed by atoms with van der Waals surface area (Å²) in [5.41, 5.74) is 0.807. The molecule has 1 heterocycles. The summed E-state index contributed by atoms with van der Waals surface area (Å²) in [7, 11) is 1.57. The van der Waals surface area contributed by atoms with Crippen LogP contribution < -0.4 is 4.52 Å². The van der Waals surface area contributed by atoms with E-state index >= 15 is 0 Å². The highest BCUT2D eigenvalue weighted by Gasteiger charge is 2.35. The lowest BCUT2D eigenvalue weighted by Gasteiger charge is -2.32. The van der Waals surface area contributed by atoms with E-state index < -0.39 is 12.5 Å². The fourth-order valence-electron chi connectivity index (χ4n) is 1.69. The predicted octanol–water partition coefficient (Wildman–Crippen LogP) is 4.34. The molecular formula is C15H27N2O4PS. The molecule has 2 unspecified atom stereocenters. The molecule has 0 radical (unpaired) electrons. The van der Waals surface area contributed by atoms with Gasteiger partial charge in [-0.05, 0) is 27.2 Å². The Morgan fingerprint density at radius 2 is 1.96 bits per heavy atom. The number of aromatic nitrogens is 2. The van der Waals surface area contributed by atoms with Gasteiger partial charge in [0.05, 0.1) is 6.61 Å². The van der Waals surface area contributed by atoms with Crippen molar-refractivity contribution in [2.75, 3.05) is 13.7 Å². The zero-order valence-electron chi connectivity index (χ0n) is 15.0. The lowest BCUT2D eigenvalue weighted by Crippen LogP contribution is -2.30. The molecule has 0 aromatic carbocycles. The number of ether oxygens (including phenoxy) is 1. The Balaban J connectivity index is 3.10. The Morgan fingerprint density at radius 1 is 1.30 bits per heavy atom. The number of hydrogen-bond donors (Lipinski definition) is 0. The highest BCUT2D eigenvalue weighted by Crippen LogP contribution is 2.53. The van der Waals surface area contributed by atoms with Crippen molar-refractivity contribution < 1.29 is 18.3 Å². The molecule has 1 aromatic rings. The van der Waals surface area contributed by atoms with Crippen molar-refractivity contribution in [3.63, 3.8) is 0 Å². The van der Waals surface area contributed by atoms with Crippen molar-refractivity contribution in [3.05, 3.63) is 17.6 Å². The van der Waals surface area contributed by atoms with Crippen LogP contribution in [0, 0.1) is 6.92 Å². The smallest absolute Gasteiger partial charge is 0.384 e. The van der Waals surface area contributed by atoms with Crippen LogP contribution >= 0.6 is 6.72 Å². The van der Waals surface area contributed by atoms with Gasteiger partial charge in [0.2, 0.25) is 5.88 Å². The van der Waals surface area contributed by atoms with Crippen LogP contribution in [0.15, 0.2) is 6.07 Å². The molecule has 0 spiro atoms. The van der Waals surface area contributed by atoms with Crippen LogP contribution in [0.4, 0.5) is 0 Å². The van der Waals surface area contributed by atoms with E-state index in [-0.39, 0.29) is 5.92 Å². The minimum atomic E-state index is -3.05. The molecule has 0 bridgehead atoms. The molecule has 23 heavy (non-hydrogen) atoms. The van der Waals surface area contributed by atoms with Crippen molar-refractivity contribution in [2.45, 2.75) is 59.7 Å². The molecule has 132 valence electrons. The van der Waals surface area contributed by atoms with E-state index in [0.29, 0.717) is 24.7 Å². The molecule has 0 aliphatic heterocycles. The summed E-state index contributed by atoms with van der Waals surface area (Å²) in [5.74, 6) is 0.381. The van der Waals surface area contributed by atoms with Crippen LogP contribution in [0.2, 0.25) is 0 Å². The molecular weight excluding hydrogens is 335 g/mol. The van der Waals surface area contributed by atoms with Crippen molar-refractivity contribution in [1.82, 2.24) is 9.97 Å². The van der Waals surface area contributed by atoms with Crippen molar-refractivity contribution >= 4 is 18.5 Å². The molecule has 0 aliphatic rings. The molecule has 2 atom stereocenters. The molecule has 6 nitrogen and oxygen atoms in total. The first-order valence-corrected chi connectivity index (χ1v) is 10.3. The SMILES string of the molecule is CCOP(=S)(Oc1cc(C)nc(C(C)C)n1)OC(C)(CC)OC. The molecule has 8 heteroatoms. The number of methoxy groups -OCH3 is 1. The summed E-state index contributed by atoms with van der Waals surface area (Å²) >= 11 is 5.52. The number of aryl methyl sites for hydroxylation is 1. The summed E-state index contributed by atoms with van der Waals surface area (Å²) in [4.78, 5) is 8.81. The van der Waals surface area contributed by atoms with Gasteiger partial charge in [-0.25, -0.2) is 4.98 Å². The van der Waals surface area contributed by atoms with E-state index in [0.717, 1.165) is 5.69 Å². The first-order chi connectivity index (χ1) is 10.7. The van der Waals surface area contributed by atoms with E-state index in [4.69, 9.17) is 30.1 Å². The third-order valence-electron chi connectivity index (χ3n) is 3.24. The third kappa shape index (κ3) is 6.08. The topological polar surface area (TPSA) is 62.7 Å². The normalized spacial score (nSPS) is 16.9. The van der Waals surface area contributed by atoms with E-state index in [2.05, 4.69) is 9.97 Å². The second-order valence-electron chi connectivity index (χ2n) is 5.60. The van der Waals surface area contributed by atoms with Gasteiger partial charge in [0.25, 0.3) is 0 Å². The number of rotatable bonds is 9. The van der Waals surface area contributed by atoms with Crippen LogP contribution in [-0.2, 0) is 25.6 Å². The van der Waals surface area contributed by atoms with Gasteiger partial charge in [0, 0.05) is 36.6 Å². The van der Waals surface area contributed by atoms with Crippen molar-refractivity contribution in [3.8, 4) is 5.88 Å². The fourth-order valence-corrected chi connectivity index (χ4v) is 4.17. The Bertz CT molecular complexity index is 564. The van der Waals surface area contributed by atoms with Crippen LogP contribution in [0.1, 0.15) is 58.5 Å². The predicted molar refractivity (Wildman–Crippen MR) is 94.2 cm³/mol. The van der Waals surface area contributed by atoms with Crippen LogP contribution in [-0.4, -0.2) is 29.5 Å². The lowest BCUT2D eigenvalue weighted by molar-refractivity contribution is -0.156. The van der Waals surface area contributed by atoms with Crippen molar-refractivity contribution in [1.29, 1.82) is 0 Å². The maximum Gasteiger partial charge on any atom is 0.384 e. The largest absolute Gasteiger partial charge is 0.405 e. The quantitative estimate of drug-likeness (QED) is 0.478. The highest BCUT2D eigenvalue weighted by molar-refractivity contribution is 8.07. The van der Waals surface area contributed by atoms with Gasteiger partial charge < -0.3 is 9.26 Å². The maximum atomic E-state index is 5.91. The average molecular weight is 362 g/mol. The Labute approximate surface area is 144 Å². The van der Waals surface area contributed by atoms with Crippen LogP contribution in [0.25, 0.3) is 0 Å². The zero-order chi connectivity index (χ0) is 17.7. The number of nitrogens with zero attached hydrogens (tertiary/aromatic N) is 2. The molecule has 0 saturated heterocycles. The summed E-state index contributed by atoms with van der Waals surface area (Å²) in [5, 5.41) is 0. The van der Waals surface area contributed by atoms with Gasteiger partial charge >= 0.3 is 6.72 Å². The van der Waals surface area contributed by atoms with E-state index in [1.165, 1.54) is 0 Å². The Hall–Kier alpha value is -0.590. The van der Waals surface area contributed by atoms with Gasteiger partial charge in [-0.1, -0.05) is 20.8 Å². The standard InChI is InChI=1S/C15H27N2O4PS/c1-8-15(6,18-7)21-22(23,19-9-2)20-13-10-12(5)16-14(17-13)11(3)4/h10-11H,8-9H2,1-7H3. The first-order valence-electron chi connectivity index (χ1n) is 7.72. The molecule has 0 N–H and O–H groups in total. The van der Waals surface area contributed by atoms with E-state index in [9.17, 15) is 0 Å². The van der Waals surface area contributed by atoms with E-state index in [1.807, 2.05) is 34.6 Å². The molecule has 0 amide bonds.